The number of rotatable bonds is 10. The van der Waals surface area contributed by atoms with Crippen LogP contribution in [0.2, 0.25) is 0 Å². The Morgan fingerprint density at radius 3 is 2.78 bits per heavy atom. The monoisotopic (exact) mass is 543 g/mol. The second-order valence-electron chi connectivity index (χ2n) is 9.39. The van der Waals surface area contributed by atoms with Crippen molar-refractivity contribution in [1.29, 1.82) is 0 Å². The van der Waals surface area contributed by atoms with Crippen LogP contribution in [0.3, 0.4) is 0 Å². The van der Waals surface area contributed by atoms with Crippen molar-refractivity contribution in [3.8, 4) is 0 Å². The number of amides is 1. The number of hydrogen-bond donors (Lipinski definition) is 2. The van der Waals surface area contributed by atoms with E-state index in [1.54, 1.807) is 19.5 Å². The number of unbranched alkanes of at least 4 members (excludes halogenated alkanes) is 1. The Morgan fingerprint density at radius 1 is 1.28 bits per heavy atom. The molecule has 0 spiro atoms. The maximum Gasteiger partial charge on any atom is 0.290 e. The Bertz CT molecular complexity index is 1090. The van der Waals surface area contributed by atoms with Crippen molar-refractivity contribution >= 4 is 41.8 Å². The molecule has 2 atom stereocenters. The van der Waals surface area contributed by atoms with E-state index in [9.17, 15) is 9.18 Å². The topological polar surface area (TPSA) is 101 Å². The smallest absolute Gasteiger partial charge is 0.290 e. The molecule has 2 aromatic heterocycles. The molecule has 1 aliphatic rings. The quantitative estimate of drug-likeness (QED) is 0.377. The van der Waals surface area contributed by atoms with E-state index < -0.39 is 0 Å². The zero-order chi connectivity index (χ0) is 24.1. The first kappa shape index (κ1) is 30.0. The lowest BCUT2D eigenvalue weighted by atomic mass is 9.93. The third-order valence-electron chi connectivity index (χ3n) is 6.29. The molecule has 0 unspecified atom stereocenters. The number of nitrogens with one attached hydrogen (secondary N) is 2. The molecule has 1 aromatic carbocycles. The fourth-order valence-electron chi connectivity index (χ4n) is 4.71. The maximum atomic E-state index is 14.0. The van der Waals surface area contributed by atoms with Gasteiger partial charge in [0.1, 0.15) is 18.0 Å². The second-order valence-corrected chi connectivity index (χ2v) is 9.39. The van der Waals surface area contributed by atoms with Gasteiger partial charge in [-0.05, 0) is 37.3 Å². The SMILES string of the molecule is COCCCCn1c(C(=O)N(CC(C)C)[C@@H]2CNC[C@H](c3nnc[nH]3)C2)nc2cc(F)ccc21.Cl.Cl. The van der Waals surface area contributed by atoms with Crippen LogP contribution in [0.4, 0.5) is 4.39 Å². The Morgan fingerprint density at radius 2 is 2.08 bits per heavy atom. The number of aryl methyl sites for hydroxylation is 1. The number of carbonyl (C=O) groups excluding carboxylic acids is 1. The zero-order valence-electron chi connectivity index (χ0n) is 20.9. The first-order chi connectivity index (χ1) is 16.5. The fourth-order valence-corrected chi connectivity index (χ4v) is 4.71. The summed E-state index contributed by atoms with van der Waals surface area (Å²) in [4.78, 5) is 23.7. The summed E-state index contributed by atoms with van der Waals surface area (Å²) in [5, 5.41) is 11.6. The lowest BCUT2D eigenvalue weighted by Crippen LogP contribution is -2.52. The number of imidazole rings is 1. The van der Waals surface area contributed by atoms with Crippen molar-refractivity contribution in [1.82, 2.24) is 34.9 Å². The maximum absolute atomic E-state index is 14.0. The van der Waals surface area contributed by atoms with E-state index in [1.807, 2.05) is 9.47 Å². The molecule has 1 fully saturated rings. The van der Waals surface area contributed by atoms with E-state index in [0.29, 0.717) is 37.6 Å². The number of halogens is 3. The lowest BCUT2D eigenvalue weighted by molar-refractivity contribution is 0.0590. The van der Waals surface area contributed by atoms with E-state index in [0.717, 1.165) is 37.1 Å². The number of methoxy groups -OCH3 is 1. The Hall–Kier alpha value is -2.27. The predicted octanol–water partition coefficient (Wildman–Crippen LogP) is 3.81. The molecule has 0 radical (unpaired) electrons. The van der Waals surface area contributed by atoms with Crippen LogP contribution < -0.4 is 5.32 Å². The summed E-state index contributed by atoms with van der Waals surface area (Å²) >= 11 is 0. The molecular weight excluding hydrogens is 508 g/mol. The largest absolute Gasteiger partial charge is 0.385 e. The van der Waals surface area contributed by atoms with Gasteiger partial charge < -0.3 is 24.5 Å². The summed E-state index contributed by atoms with van der Waals surface area (Å²) in [6.07, 6.45) is 4.07. The van der Waals surface area contributed by atoms with Gasteiger partial charge in [0.25, 0.3) is 5.91 Å². The average molecular weight is 545 g/mol. The normalized spacial score (nSPS) is 17.6. The number of hydrogen-bond acceptors (Lipinski definition) is 6. The van der Waals surface area contributed by atoms with Crippen molar-refractivity contribution in [2.24, 2.45) is 5.92 Å². The van der Waals surface area contributed by atoms with E-state index in [4.69, 9.17) is 4.74 Å². The summed E-state index contributed by atoms with van der Waals surface area (Å²) in [5.41, 5.74) is 1.27. The minimum Gasteiger partial charge on any atom is -0.385 e. The summed E-state index contributed by atoms with van der Waals surface area (Å²) in [7, 11) is 1.68. The number of aromatic amines is 1. The molecular formula is C24H36Cl2FN7O2. The Labute approximate surface area is 223 Å². The van der Waals surface area contributed by atoms with Crippen LogP contribution in [-0.2, 0) is 11.3 Å². The summed E-state index contributed by atoms with van der Waals surface area (Å²) in [5.74, 6) is 1.13. The van der Waals surface area contributed by atoms with Crippen LogP contribution >= 0.6 is 24.8 Å². The number of aromatic nitrogens is 5. The highest BCUT2D eigenvalue weighted by Crippen LogP contribution is 2.26. The van der Waals surface area contributed by atoms with Crippen LogP contribution in [0.25, 0.3) is 11.0 Å². The molecule has 0 aliphatic carbocycles. The van der Waals surface area contributed by atoms with Crippen molar-refractivity contribution in [2.45, 2.75) is 51.6 Å². The molecule has 1 saturated heterocycles. The number of piperidine rings is 1. The highest BCUT2D eigenvalue weighted by molar-refractivity contribution is 5.95. The van der Waals surface area contributed by atoms with Gasteiger partial charge in [-0.15, -0.1) is 35.0 Å². The standard InChI is InChI=1S/C24H34FN7O2.2ClH/c1-16(2)14-32(19-10-17(12-26-13-19)22-27-15-28-30-22)24(33)23-29-20-11-18(25)6-7-21(20)31(23)8-4-5-9-34-3;;/h6-7,11,15-17,19,26H,4-5,8-10,12-14H2,1-3H3,(H,27,28,30);2*1H/t17-,19+;;/m1../s1. The van der Waals surface area contributed by atoms with Crippen LogP contribution in [0.5, 0.6) is 0 Å². The number of fused-ring (bicyclic) bond motifs is 1. The van der Waals surface area contributed by atoms with Gasteiger partial charge in [0.15, 0.2) is 5.82 Å². The minimum absolute atomic E-state index is 0. The van der Waals surface area contributed by atoms with E-state index >= 15 is 0 Å². The molecule has 3 heterocycles. The number of ether oxygens (including phenoxy) is 1. The molecule has 1 aliphatic heterocycles. The summed E-state index contributed by atoms with van der Waals surface area (Å²) in [6.45, 7) is 7.57. The van der Waals surface area contributed by atoms with Crippen molar-refractivity contribution in [3.63, 3.8) is 0 Å². The molecule has 9 nitrogen and oxygen atoms in total. The van der Waals surface area contributed by atoms with Crippen molar-refractivity contribution in [3.05, 3.63) is 42.0 Å². The lowest BCUT2D eigenvalue weighted by Gasteiger charge is -2.38. The molecule has 0 bridgehead atoms. The number of benzene rings is 1. The van der Waals surface area contributed by atoms with E-state index in [1.165, 1.54) is 12.1 Å². The molecule has 1 amide bonds. The molecule has 2 N–H and O–H groups in total. The van der Waals surface area contributed by atoms with Crippen LogP contribution in [-0.4, -0.2) is 74.9 Å². The van der Waals surface area contributed by atoms with Gasteiger partial charge in [0, 0.05) is 57.9 Å². The zero-order valence-corrected chi connectivity index (χ0v) is 22.6. The average Bonchev–Trinajstić information content (AvgIpc) is 3.48. The van der Waals surface area contributed by atoms with Gasteiger partial charge in [0.05, 0.1) is 11.0 Å². The third kappa shape index (κ3) is 6.94. The number of nitrogens with zero attached hydrogens (tertiary/aromatic N) is 5. The minimum atomic E-state index is -0.360. The summed E-state index contributed by atoms with van der Waals surface area (Å²) in [6, 6.07) is 4.51. The predicted molar refractivity (Wildman–Crippen MR) is 142 cm³/mol. The highest BCUT2D eigenvalue weighted by Gasteiger charge is 2.34. The Balaban J connectivity index is 0.00000228. The molecule has 200 valence electrons. The van der Waals surface area contributed by atoms with Gasteiger partial charge in [-0.1, -0.05) is 13.8 Å². The van der Waals surface area contributed by atoms with Crippen molar-refractivity contribution < 1.29 is 13.9 Å². The van der Waals surface area contributed by atoms with Crippen LogP contribution in [0, 0.1) is 11.7 Å². The van der Waals surface area contributed by atoms with Gasteiger partial charge in [0.2, 0.25) is 0 Å². The molecule has 0 saturated carbocycles. The van der Waals surface area contributed by atoms with Gasteiger partial charge in [-0.3, -0.25) is 4.79 Å². The van der Waals surface area contributed by atoms with Crippen LogP contribution in [0.1, 0.15) is 55.5 Å². The van der Waals surface area contributed by atoms with Gasteiger partial charge in [-0.25, -0.2) is 9.37 Å². The van der Waals surface area contributed by atoms with Gasteiger partial charge in [-0.2, -0.15) is 0 Å². The van der Waals surface area contributed by atoms with E-state index in [2.05, 4.69) is 39.3 Å². The second kappa shape index (κ2) is 13.9. The highest BCUT2D eigenvalue weighted by atomic mass is 35.5. The fraction of sp³-hybridized carbons (Fsp3) is 0.583. The first-order valence-corrected chi connectivity index (χ1v) is 12.0. The third-order valence-corrected chi connectivity index (χ3v) is 6.29. The number of H-pyrrole nitrogens is 1. The number of carbonyl (C=O) groups is 1. The van der Waals surface area contributed by atoms with Crippen LogP contribution in [0.15, 0.2) is 24.5 Å². The molecule has 12 heteroatoms. The molecule has 4 rings (SSSR count). The molecule has 3 aromatic rings. The van der Waals surface area contributed by atoms with Gasteiger partial charge >= 0.3 is 0 Å². The van der Waals surface area contributed by atoms with Crippen molar-refractivity contribution in [2.75, 3.05) is 33.4 Å². The Kier molecular flexibility index (Phi) is 11.5. The first-order valence-electron chi connectivity index (χ1n) is 12.0. The molecule has 36 heavy (non-hydrogen) atoms. The summed E-state index contributed by atoms with van der Waals surface area (Å²) < 4.78 is 21.1. The van der Waals surface area contributed by atoms with E-state index in [-0.39, 0.29) is 54.4 Å².